The Balaban J connectivity index is 3.65. The van der Waals surface area contributed by atoms with E-state index in [9.17, 15) is 8.42 Å². The van der Waals surface area contributed by atoms with Crippen LogP contribution in [0.3, 0.4) is 0 Å². The zero-order chi connectivity index (χ0) is 8.74. The molecule has 0 radical (unpaired) electrons. The molecule has 0 bridgehead atoms. The second-order valence-corrected chi connectivity index (χ2v) is 4.63. The lowest BCUT2D eigenvalue weighted by molar-refractivity contribution is 0.595. The second-order valence-electron chi connectivity index (χ2n) is 2.40. The van der Waals surface area contributed by atoms with Crippen LogP contribution < -0.4 is 5.73 Å². The summed E-state index contributed by atoms with van der Waals surface area (Å²) < 4.78 is 22.0. The maximum atomic E-state index is 11.0. The maximum Gasteiger partial charge on any atom is 0.153 e. The molecular weight excluding hydrogens is 162 g/mol. The summed E-state index contributed by atoms with van der Waals surface area (Å²) >= 11 is 0. The minimum atomic E-state index is -2.88. The average molecular weight is 177 g/mol. The van der Waals surface area contributed by atoms with Gasteiger partial charge >= 0.3 is 0 Å². The van der Waals surface area contributed by atoms with Crippen molar-refractivity contribution in [2.75, 3.05) is 18.1 Å². The lowest BCUT2D eigenvalue weighted by Crippen LogP contribution is -2.10. The van der Waals surface area contributed by atoms with Gasteiger partial charge in [0.1, 0.15) is 0 Å². The summed E-state index contributed by atoms with van der Waals surface area (Å²) in [7, 11) is -2.88. The van der Waals surface area contributed by atoms with E-state index in [2.05, 4.69) is 6.58 Å². The van der Waals surface area contributed by atoms with Crippen molar-refractivity contribution in [1.82, 2.24) is 0 Å². The van der Waals surface area contributed by atoms with Gasteiger partial charge in [-0.15, -0.1) is 6.58 Å². The Bertz CT molecular complexity index is 196. The molecule has 0 spiro atoms. The summed E-state index contributed by atoms with van der Waals surface area (Å²) in [5.41, 5.74) is 5.22. The van der Waals surface area contributed by atoms with Crippen LogP contribution in [0.1, 0.15) is 12.8 Å². The van der Waals surface area contributed by atoms with Gasteiger partial charge < -0.3 is 5.73 Å². The van der Waals surface area contributed by atoms with Crippen LogP contribution in [0.4, 0.5) is 0 Å². The van der Waals surface area contributed by atoms with Crippen LogP contribution in [0.25, 0.3) is 0 Å². The van der Waals surface area contributed by atoms with Crippen molar-refractivity contribution in [1.29, 1.82) is 0 Å². The number of unbranched alkanes of at least 4 members (excludes halogenated alkanes) is 1. The molecule has 66 valence electrons. The summed E-state index contributed by atoms with van der Waals surface area (Å²) in [5, 5.41) is 0. The Labute approximate surface area is 68.2 Å². The lowest BCUT2D eigenvalue weighted by Gasteiger charge is -1.98. The summed E-state index contributed by atoms with van der Waals surface area (Å²) in [4.78, 5) is 0. The average Bonchev–Trinajstić information content (AvgIpc) is 1.87. The molecule has 0 saturated carbocycles. The Morgan fingerprint density at radius 1 is 1.36 bits per heavy atom. The molecule has 0 atom stereocenters. The molecule has 11 heavy (non-hydrogen) atoms. The molecule has 0 aliphatic rings. The van der Waals surface area contributed by atoms with E-state index in [1.807, 2.05) is 0 Å². The van der Waals surface area contributed by atoms with Gasteiger partial charge in [-0.25, -0.2) is 8.42 Å². The van der Waals surface area contributed by atoms with E-state index >= 15 is 0 Å². The van der Waals surface area contributed by atoms with Gasteiger partial charge in [-0.1, -0.05) is 6.08 Å². The SMILES string of the molecule is C=CCS(=O)(=O)CCCCN. The van der Waals surface area contributed by atoms with E-state index < -0.39 is 9.84 Å². The molecule has 4 heteroatoms. The van der Waals surface area contributed by atoms with Gasteiger partial charge in [-0.05, 0) is 19.4 Å². The molecular formula is C7H15NO2S. The minimum absolute atomic E-state index is 0.0809. The van der Waals surface area contributed by atoms with E-state index in [1.54, 1.807) is 0 Å². The first-order valence-corrected chi connectivity index (χ1v) is 5.46. The van der Waals surface area contributed by atoms with E-state index in [4.69, 9.17) is 5.73 Å². The van der Waals surface area contributed by atoms with Crippen molar-refractivity contribution in [3.8, 4) is 0 Å². The molecule has 0 rings (SSSR count). The highest BCUT2D eigenvalue weighted by Crippen LogP contribution is 1.96. The van der Waals surface area contributed by atoms with Crippen molar-refractivity contribution in [3.05, 3.63) is 12.7 Å². The predicted octanol–water partition coefficient (Wildman–Crippen LogP) is 0.326. The fourth-order valence-corrected chi connectivity index (χ4v) is 1.90. The number of rotatable bonds is 6. The number of hydrogen-bond donors (Lipinski definition) is 1. The third-order valence-electron chi connectivity index (χ3n) is 1.28. The first kappa shape index (κ1) is 10.7. The first-order chi connectivity index (χ1) is 5.12. The Morgan fingerprint density at radius 2 is 2.00 bits per heavy atom. The molecule has 2 N–H and O–H groups in total. The number of nitrogens with two attached hydrogens (primary N) is 1. The molecule has 0 aromatic heterocycles. The molecule has 0 fully saturated rings. The highest BCUT2D eigenvalue weighted by molar-refractivity contribution is 7.91. The maximum absolute atomic E-state index is 11.0. The number of sulfone groups is 1. The van der Waals surface area contributed by atoms with Gasteiger partial charge in [-0.3, -0.25) is 0 Å². The second kappa shape index (κ2) is 5.32. The van der Waals surface area contributed by atoms with E-state index in [1.165, 1.54) is 6.08 Å². The summed E-state index contributed by atoms with van der Waals surface area (Å²) in [6.07, 6.45) is 2.85. The van der Waals surface area contributed by atoms with E-state index in [0.29, 0.717) is 13.0 Å². The quantitative estimate of drug-likeness (QED) is 0.469. The normalized spacial score (nSPS) is 11.4. The Morgan fingerprint density at radius 3 is 2.45 bits per heavy atom. The molecule has 0 saturated heterocycles. The van der Waals surface area contributed by atoms with Gasteiger partial charge in [0.05, 0.1) is 11.5 Å². The van der Waals surface area contributed by atoms with Gasteiger partial charge in [0.25, 0.3) is 0 Å². The topological polar surface area (TPSA) is 60.2 Å². The Kier molecular flexibility index (Phi) is 5.15. The summed E-state index contributed by atoms with van der Waals surface area (Å²) in [5.74, 6) is 0.313. The van der Waals surface area contributed by atoms with Crippen LogP contribution in [0, 0.1) is 0 Å². The zero-order valence-corrected chi connectivity index (χ0v) is 7.44. The van der Waals surface area contributed by atoms with Crippen molar-refractivity contribution in [2.24, 2.45) is 5.73 Å². The molecule has 3 nitrogen and oxygen atoms in total. The minimum Gasteiger partial charge on any atom is -0.330 e. The lowest BCUT2D eigenvalue weighted by atomic mass is 10.3. The van der Waals surface area contributed by atoms with Crippen LogP contribution in [-0.4, -0.2) is 26.5 Å². The molecule has 0 aromatic carbocycles. The third-order valence-corrected chi connectivity index (χ3v) is 2.94. The van der Waals surface area contributed by atoms with Crippen molar-refractivity contribution in [3.63, 3.8) is 0 Å². The van der Waals surface area contributed by atoms with Crippen LogP contribution in [-0.2, 0) is 9.84 Å². The first-order valence-electron chi connectivity index (χ1n) is 3.64. The third kappa shape index (κ3) is 6.06. The van der Waals surface area contributed by atoms with Crippen molar-refractivity contribution >= 4 is 9.84 Å². The van der Waals surface area contributed by atoms with Crippen LogP contribution in [0.2, 0.25) is 0 Å². The molecule has 0 amide bonds. The molecule has 0 aliphatic carbocycles. The fourth-order valence-electron chi connectivity index (χ4n) is 0.729. The Hall–Kier alpha value is -0.350. The van der Waals surface area contributed by atoms with Gasteiger partial charge in [0.15, 0.2) is 9.84 Å². The van der Waals surface area contributed by atoms with Crippen LogP contribution >= 0.6 is 0 Å². The summed E-state index contributed by atoms with van der Waals surface area (Å²) in [6.45, 7) is 3.93. The van der Waals surface area contributed by atoms with E-state index in [-0.39, 0.29) is 11.5 Å². The van der Waals surface area contributed by atoms with Gasteiger partial charge in [0.2, 0.25) is 0 Å². The van der Waals surface area contributed by atoms with Crippen LogP contribution in [0.5, 0.6) is 0 Å². The standard InChI is InChI=1S/C7H15NO2S/c1-2-6-11(9,10)7-4-3-5-8/h2H,1,3-8H2. The fraction of sp³-hybridized carbons (Fsp3) is 0.714. The summed E-state index contributed by atoms with van der Waals surface area (Å²) in [6, 6.07) is 0. The number of hydrogen-bond acceptors (Lipinski definition) is 3. The van der Waals surface area contributed by atoms with E-state index in [0.717, 1.165) is 6.42 Å². The van der Waals surface area contributed by atoms with Crippen molar-refractivity contribution < 1.29 is 8.42 Å². The van der Waals surface area contributed by atoms with Crippen LogP contribution in [0.15, 0.2) is 12.7 Å². The smallest absolute Gasteiger partial charge is 0.153 e. The van der Waals surface area contributed by atoms with Crippen molar-refractivity contribution in [2.45, 2.75) is 12.8 Å². The highest BCUT2D eigenvalue weighted by atomic mass is 32.2. The molecule has 0 heterocycles. The molecule has 0 unspecified atom stereocenters. The monoisotopic (exact) mass is 177 g/mol. The van der Waals surface area contributed by atoms with Gasteiger partial charge in [0, 0.05) is 0 Å². The molecule has 0 aromatic rings. The predicted molar refractivity (Wildman–Crippen MR) is 47.1 cm³/mol. The zero-order valence-electron chi connectivity index (χ0n) is 6.62. The molecule has 0 aliphatic heterocycles. The van der Waals surface area contributed by atoms with Gasteiger partial charge in [-0.2, -0.15) is 0 Å². The highest BCUT2D eigenvalue weighted by Gasteiger charge is 2.06. The largest absolute Gasteiger partial charge is 0.330 e.